The van der Waals surface area contributed by atoms with E-state index in [1.165, 1.54) is 11.1 Å². The summed E-state index contributed by atoms with van der Waals surface area (Å²) in [6, 6.07) is 28.9. The Bertz CT molecular complexity index is 1080. The quantitative estimate of drug-likeness (QED) is 0.636. The Hall–Kier alpha value is -3.37. The molecule has 3 aromatic rings. The van der Waals surface area contributed by atoms with Gasteiger partial charge in [-0.05, 0) is 30.2 Å². The minimum Gasteiger partial charge on any atom is -0.465 e. The fraction of sp³-hybridized carbons (Fsp3) is 0.192. The number of nitrogens with one attached hydrogen (secondary N) is 1. The van der Waals surface area contributed by atoms with Crippen LogP contribution in [0.5, 0.6) is 5.75 Å². The number of amidine groups is 1. The topological polar surface area (TPSA) is 42.8 Å². The molecule has 2 aliphatic heterocycles. The molecular formula is C26H24N2O2. The average molecular weight is 396 g/mol. The maximum atomic E-state index is 6.25. The molecule has 3 atom stereocenters. The second-order valence-electron chi connectivity index (χ2n) is 7.80. The third kappa shape index (κ3) is 3.40. The van der Waals surface area contributed by atoms with Crippen molar-refractivity contribution in [2.24, 2.45) is 4.99 Å². The summed E-state index contributed by atoms with van der Waals surface area (Å²) >= 11 is 0. The predicted molar refractivity (Wildman–Crippen MR) is 118 cm³/mol. The summed E-state index contributed by atoms with van der Waals surface area (Å²) in [5.41, 5.74) is 3.07. The lowest BCUT2D eigenvalue weighted by molar-refractivity contribution is 0.109. The minimum absolute atomic E-state index is 0.0304. The number of para-hydroxylation sites is 1. The van der Waals surface area contributed by atoms with Gasteiger partial charge in [-0.25, -0.2) is 0 Å². The van der Waals surface area contributed by atoms with Gasteiger partial charge in [0.1, 0.15) is 30.3 Å². The molecule has 30 heavy (non-hydrogen) atoms. The molecule has 150 valence electrons. The number of nitrogens with zero attached hydrogens (tertiary/aromatic N) is 1. The van der Waals surface area contributed by atoms with Crippen molar-refractivity contribution in [1.82, 2.24) is 5.32 Å². The summed E-state index contributed by atoms with van der Waals surface area (Å²) in [6.45, 7) is 2.61. The van der Waals surface area contributed by atoms with Gasteiger partial charge in [-0.1, -0.05) is 78.9 Å². The van der Waals surface area contributed by atoms with E-state index in [1.807, 2.05) is 42.5 Å². The summed E-state index contributed by atoms with van der Waals surface area (Å²) in [5, 5.41) is 3.67. The van der Waals surface area contributed by atoms with Gasteiger partial charge in [0.15, 0.2) is 0 Å². The molecular weight excluding hydrogens is 372 g/mol. The molecule has 4 nitrogen and oxygen atoms in total. The third-order valence-electron chi connectivity index (χ3n) is 5.80. The van der Waals surface area contributed by atoms with E-state index in [0.29, 0.717) is 6.61 Å². The van der Waals surface area contributed by atoms with Crippen LogP contribution in [-0.2, 0) is 10.3 Å². The lowest BCUT2D eigenvalue weighted by Crippen LogP contribution is -2.42. The Labute approximate surface area is 176 Å². The van der Waals surface area contributed by atoms with E-state index in [4.69, 9.17) is 14.5 Å². The van der Waals surface area contributed by atoms with Crippen LogP contribution < -0.4 is 10.1 Å². The molecule has 0 saturated heterocycles. The van der Waals surface area contributed by atoms with Gasteiger partial charge in [0.25, 0.3) is 0 Å². The first-order valence-corrected chi connectivity index (χ1v) is 10.2. The van der Waals surface area contributed by atoms with Gasteiger partial charge in [-0.15, -0.1) is 0 Å². The molecule has 2 aliphatic rings. The van der Waals surface area contributed by atoms with Crippen molar-refractivity contribution in [3.63, 3.8) is 0 Å². The second-order valence-corrected chi connectivity index (χ2v) is 7.80. The Kier molecular flexibility index (Phi) is 4.85. The second kappa shape index (κ2) is 7.81. The number of hydrogen-bond donors (Lipinski definition) is 1. The van der Waals surface area contributed by atoms with Crippen LogP contribution >= 0.6 is 0 Å². The SMILES string of the molecule is C[C@@]1(c2ccccc2)NC(COC2C=COc3ccccc32)=N[C@@H]1c1ccccc1. The van der Waals surface area contributed by atoms with Crippen LogP contribution in [0.15, 0.2) is 102 Å². The molecule has 4 heteroatoms. The van der Waals surface area contributed by atoms with Crippen LogP contribution in [0.4, 0.5) is 0 Å². The minimum atomic E-state index is -0.343. The first-order chi connectivity index (χ1) is 14.7. The summed E-state index contributed by atoms with van der Waals surface area (Å²) in [6.07, 6.45) is 3.47. The number of ether oxygens (including phenoxy) is 2. The van der Waals surface area contributed by atoms with Gasteiger partial charge in [-0.2, -0.15) is 0 Å². The summed E-state index contributed by atoms with van der Waals surface area (Å²) < 4.78 is 11.8. The van der Waals surface area contributed by atoms with Crippen molar-refractivity contribution in [3.05, 3.63) is 114 Å². The molecule has 0 aliphatic carbocycles. The Morgan fingerprint density at radius 2 is 1.63 bits per heavy atom. The Morgan fingerprint density at radius 3 is 2.43 bits per heavy atom. The zero-order chi connectivity index (χ0) is 20.4. The number of benzene rings is 3. The molecule has 0 spiro atoms. The van der Waals surface area contributed by atoms with Gasteiger partial charge in [0, 0.05) is 5.56 Å². The average Bonchev–Trinajstić information content (AvgIpc) is 3.16. The molecule has 1 N–H and O–H groups in total. The largest absolute Gasteiger partial charge is 0.465 e. The van der Waals surface area contributed by atoms with Crippen molar-refractivity contribution in [3.8, 4) is 5.75 Å². The third-order valence-corrected chi connectivity index (χ3v) is 5.80. The predicted octanol–water partition coefficient (Wildman–Crippen LogP) is 5.31. The zero-order valence-corrected chi connectivity index (χ0v) is 16.9. The molecule has 1 unspecified atom stereocenters. The van der Waals surface area contributed by atoms with E-state index in [-0.39, 0.29) is 17.7 Å². The van der Waals surface area contributed by atoms with E-state index in [9.17, 15) is 0 Å². The zero-order valence-electron chi connectivity index (χ0n) is 16.9. The Morgan fingerprint density at radius 1 is 0.933 bits per heavy atom. The summed E-state index contributed by atoms with van der Waals surface area (Å²) in [5.74, 6) is 1.69. The maximum Gasteiger partial charge on any atom is 0.132 e. The standard InChI is InChI=1S/C26H24N2O2/c1-26(20-12-6-3-7-13-20)25(19-10-4-2-5-11-19)27-24(28-26)18-30-23-16-17-29-22-15-9-8-14-21(22)23/h2-17,23,25H,18H2,1H3,(H,27,28)/t23?,25-,26+/m1/s1. The molecule has 0 saturated carbocycles. The van der Waals surface area contributed by atoms with Crippen molar-refractivity contribution < 1.29 is 9.47 Å². The summed E-state index contributed by atoms with van der Waals surface area (Å²) in [7, 11) is 0. The molecule has 0 aromatic heterocycles. The number of rotatable bonds is 5. The molecule has 0 fully saturated rings. The van der Waals surface area contributed by atoms with Gasteiger partial charge >= 0.3 is 0 Å². The maximum absolute atomic E-state index is 6.25. The number of aliphatic imine (C=N–C) groups is 1. The van der Waals surface area contributed by atoms with E-state index >= 15 is 0 Å². The first kappa shape index (κ1) is 18.6. The highest BCUT2D eigenvalue weighted by molar-refractivity contribution is 5.87. The van der Waals surface area contributed by atoms with Crippen LogP contribution in [0.2, 0.25) is 0 Å². The van der Waals surface area contributed by atoms with Gasteiger partial charge in [0.2, 0.25) is 0 Å². The molecule has 0 radical (unpaired) electrons. The van der Waals surface area contributed by atoms with Crippen molar-refractivity contribution in [1.29, 1.82) is 0 Å². The highest BCUT2D eigenvalue weighted by Crippen LogP contribution is 2.41. The van der Waals surface area contributed by atoms with E-state index in [1.54, 1.807) is 6.26 Å². The first-order valence-electron chi connectivity index (χ1n) is 10.2. The number of fused-ring (bicyclic) bond motifs is 1. The van der Waals surface area contributed by atoms with Gasteiger partial charge < -0.3 is 14.8 Å². The molecule has 0 amide bonds. The molecule has 0 bridgehead atoms. The van der Waals surface area contributed by atoms with Crippen molar-refractivity contribution >= 4 is 5.84 Å². The van der Waals surface area contributed by atoms with Crippen LogP contribution in [0.25, 0.3) is 0 Å². The smallest absolute Gasteiger partial charge is 0.132 e. The monoisotopic (exact) mass is 396 g/mol. The van der Waals surface area contributed by atoms with Crippen LogP contribution in [0.3, 0.4) is 0 Å². The van der Waals surface area contributed by atoms with E-state index in [0.717, 1.165) is 17.1 Å². The van der Waals surface area contributed by atoms with Crippen molar-refractivity contribution in [2.75, 3.05) is 6.61 Å². The van der Waals surface area contributed by atoms with E-state index < -0.39 is 0 Å². The normalized spacial score (nSPS) is 24.5. The molecule has 3 aromatic carbocycles. The fourth-order valence-corrected chi connectivity index (χ4v) is 4.24. The Balaban J connectivity index is 1.41. The lowest BCUT2D eigenvalue weighted by atomic mass is 9.82. The summed E-state index contributed by atoms with van der Waals surface area (Å²) in [4.78, 5) is 5.05. The van der Waals surface area contributed by atoms with Crippen LogP contribution in [-0.4, -0.2) is 12.4 Å². The fourth-order valence-electron chi connectivity index (χ4n) is 4.24. The number of hydrogen-bond acceptors (Lipinski definition) is 4. The molecule has 2 heterocycles. The van der Waals surface area contributed by atoms with Gasteiger partial charge in [-0.3, -0.25) is 4.99 Å². The molecule has 5 rings (SSSR count). The highest BCUT2D eigenvalue weighted by Gasteiger charge is 2.42. The van der Waals surface area contributed by atoms with Crippen molar-refractivity contribution in [2.45, 2.75) is 24.6 Å². The van der Waals surface area contributed by atoms with Gasteiger partial charge in [0.05, 0.1) is 11.8 Å². The van der Waals surface area contributed by atoms with Crippen LogP contribution in [0.1, 0.15) is 35.8 Å². The van der Waals surface area contributed by atoms with Crippen LogP contribution in [0, 0.1) is 0 Å². The lowest BCUT2D eigenvalue weighted by Gasteiger charge is -2.32. The highest BCUT2D eigenvalue weighted by atomic mass is 16.5. The van der Waals surface area contributed by atoms with E-state index in [2.05, 4.69) is 60.8 Å².